The van der Waals surface area contributed by atoms with Gasteiger partial charge >= 0.3 is 0 Å². The van der Waals surface area contributed by atoms with Crippen molar-refractivity contribution in [1.29, 1.82) is 0 Å². The van der Waals surface area contributed by atoms with Gasteiger partial charge in [0.1, 0.15) is 0 Å². The molecule has 0 radical (unpaired) electrons. The number of rotatable bonds is 3. The van der Waals surface area contributed by atoms with Crippen molar-refractivity contribution in [3.8, 4) is 0 Å². The Labute approximate surface area is 119 Å². The van der Waals surface area contributed by atoms with E-state index in [1.165, 1.54) is 77.3 Å². The van der Waals surface area contributed by atoms with E-state index in [0.717, 1.165) is 24.0 Å². The van der Waals surface area contributed by atoms with Crippen LogP contribution in [0.5, 0.6) is 0 Å². The highest BCUT2D eigenvalue weighted by molar-refractivity contribution is 4.95. The largest absolute Gasteiger partial charge is 0.312 e. The normalized spacial score (nSPS) is 41.5. The second-order valence-corrected chi connectivity index (χ2v) is 7.02. The summed E-state index contributed by atoms with van der Waals surface area (Å²) in [6.45, 7) is 5.05. The van der Waals surface area contributed by atoms with Crippen LogP contribution >= 0.6 is 0 Å². The Kier molecular flexibility index (Phi) is 4.81. The molecular weight excluding hydrogens is 232 g/mol. The lowest BCUT2D eigenvalue weighted by atomic mass is 9.79. The highest BCUT2D eigenvalue weighted by Crippen LogP contribution is 2.35. The summed E-state index contributed by atoms with van der Waals surface area (Å²) in [5.74, 6) is 0.982. The molecule has 1 aliphatic carbocycles. The highest BCUT2D eigenvalue weighted by Gasteiger charge is 2.38. The van der Waals surface area contributed by atoms with Crippen molar-refractivity contribution in [2.75, 3.05) is 13.1 Å². The van der Waals surface area contributed by atoms with E-state index in [4.69, 9.17) is 0 Å². The van der Waals surface area contributed by atoms with E-state index in [2.05, 4.69) is 17.1 Å². The van der Waals surface area contributed by atoms with E-state index in [-0.39, 0.29) is 0 Å². The zero-order valence-electron chi connectivity index (χ0n) is 12.7. The van der Waals surface area contributed by atoms with Gasteiger partial charge in [0.2, 0.25) is 0 Å². The van der Waals surface area contributed by atoms with Crippen LogP contribution in [-0.2, 0) is 0 Å². The molecule has 4 atom stereocenters. The maximum absolute atomic E-state index is 3.79. The van der Waals surface area contributed by atoms with Gasteiger partial charge in [-0.1, -0.05) is 32.6 Å². The van der Waals surface area contributed by atoms with Crippen molar-refractivity contribution in [3.05, 3.63) is 0 Å². The maximum atomic E-state index is 3.79. The molecule has 0 spiro atoms. The molecule has 4 unspecified atom stereocenters. The zero-order valence-corrected chi connectivity index (χ0v) is 12.7. The van der Waals surface area contributed by atoms with Gasteiger partial charge in [-0.3, -0.25) is 4.90 Å². The molecule has 3 rings (SSSR count). The molecule has 2 aliphatic heterocycles. The molecule has 3 fully saturated rings. The van der Waals surface area contributed by atoms with Crippen LogP contribution in [0.15, 0.2) is 0 Å². The molecule has 0 amide bonds. The molecule has 2 saturated heterocycles. The Hall–Kier alpha value is -0.0800. The van der Waals surface area contributed by atoms with Crippen molar-refractivity contribution in [1.82, 2.24) is 10.2 Å². The van der Waals surface area contributed by atoms with Crippen LogP contribution in [0.3, 0.4) is 0 Å². The molecular formula is C17H32N2. The molecule has 2 heteroatoms. The van der Waals surface area contributed by atoms with Crippen LogP contribution in [0, 0.1) is 5.92 Å². The first kappa shape index (κ1) is 13.9. The van der Waals surface area contributed by atoms with Crippen molar-refractivity contribution in [2.24, 2.45) is 5.92 Å². The standard InChI is InChI=1S/C17H32N2/c1-2-14-8-3-4-10-16(14)19-13-6-5-11-17(19)15-9-7-12-18-15/h14-18H,2-13H2,1H3. The molecule has 110 valence electrons. The molecule has 1 N–H and O–H groups in total. The lowest BCUT2D eigenvalue weighted by molar-refractivity contribution is 0.0233. The summed E-state index contributed by atoms with van der Waals surface area (Å²) in [5.41, 5.74) is 0. The van der Waals surface area contributed by atoms with Crippen LogP contribution in [0.4, 0.5) is 0 Å². The molecule has 0 aromatic rings. The van der Waals surface area contributed by atoms with Gasteiger partial charge in [-0.2, -0.15) is 0 Å². The van der Waals surface area contributed by atoms with Gasteiger partial charge in [-0.15, -0.1) is 0 Å². The van der Waals surface area contributed by atoms with E-state index < -0.39 is 0 Å². The minimum Gasteiger partial charge on any atom is -0.312 e. The minimum absolute atomic E-state index is 0.805. The average Bonchev–Trinajstić information content (AvgIpc) is 3.01. The third kappa shape index (κ3) is 3.00. The Morgan fingerprint density at radius 1 is 0.895 bits per heavy atom. The fourth-order valence-electron chi connectivity index (χ4n) is 4.96. The van der Waals surface area contributed by atoms with Crippen LogP contribution in [0.2, 0.25) is 0 Å². The Bertz CT molecular complexity index is 262. The first-order valence-corrected chi connectivity index (χ1v) is 8.89. The third-order valence-corrected chi connectivity index (χ3v) is 5.97. The summed E-state index contributed by atoms with van der Waals surface area (Å²) in [6.07, 6.45) is 14.5. The highest BCUT2D eigenvalue weighted by atomic mass is 15.2. The summed E-state index contributed by atoms with van der Waals surface area (Å²) < 4.78 is 0. The number of nitrogens with zero attached hydrogens (tertiary/aromatic N) is 1. The van der Waals surface area contributed by atoms with E-state index in [1.54, 1.807) is 0 Å². The molecule has 0 aromatic heterocycles. The molecule has 0 aromatic carbocycles. The molecule has 2 nitrogen and oxygen atoms in total. The number of hydrogen-bond donors (Lipinski definition) is 1. The van der Waals surface area contributed by atoms with Crippen LogP contribution in [0.25, 0.3) is 0 Å². The fourth-order valence-corrected chi connectivity index (χ4v) is 4.96. The lowest BCUT2D eigenvalue weighted by Gasteiger charge is -2.48. The van der Waals surface area contributed by atoms with Gasteiger partial charge in [0.15, 0.2) is 0 Å². The molecule has 19 heavy (non-hydrogen) atoms. The van der Waals surface area contributed by atoms with Gasteiger partial charge in [0, 0.05) is 18.1 Å². The van der Waals surface area contributed by atoms with E-state index in [0.29, 0.717) is 0 Å². The van der Waals surface area contributed by atoms with Crippen LogP contribution in [0.1, 0.15) is 71.1 Å². The maximum Gasteiger partial charge on any atom is 0.0252 e. The van der Waals surface area contributed by atoms with Crippen molar-refractivity contribution < 1.29 is 0 Å². The third-order valence-electron chi connectivity index (χ3n) is 5.97. The first-order valence-electron chi connectivity index (χ1n) is 8.89. The SMILES string of the molecule is CCC1CCCCC1N1CCCCC1C1CCCN1. The monoisotopic (exact) mass is 264 g/mol. The number of hydrogen-bond acceptors (Lipinski definition) is 2. The molecule has 2 heterocycles. The van der Waals surface area contributed by atoms with E-state index >= 15 is 0 Å². The molecule has 0 bridgehead atoms. The summed E-state index contributed by atoms with van der Waals surface area (Å²) in [6, 6.07) is 2.57. The average molecular weight is 264 g/mol. The van der Waals surface area contributed by atoms with Crippen molar-refractivity contribution >= 4 is 0 Å². The van der Waals surface area contributed by atoms with Crippen molar-refractivity contribution in [2.45, 2.75) is 89.3 Å². The number of piperidine rings is 1. The van der Waals surface area contributed by atoms with Gasteiger partial charge in [0.25, 0.3) is 0 Å². The second-order valence-electron chi connectivity index (χ2n) is 7.02. The smallest absolute Gasteiger partial charge is 0.0252 e. The number of nitrogens with one attached hydrogen (secondary N) is 1. The van der Waals surface area contributed by atoms with Gasteiger partial charge < -0.3 is 5.32 Å². The quantitative estimate of drug-likeness (QED) is 0.838. The predicted molar refractivity (Wildman–Crippen MR) is 81.4 cm³/mol. The summed E-state index contributed by atoms with van der Waals surface area (Å²) in [7, 11) is 0. The van der Waals surface area contributed by atoms with Crippen molar-refractivity contribution in [3.63, 3.8) is 0 Å². The fraction of sp³-hybridized carbons (Fsp3) is 1.00. The first-order chi connectivity index (χ1) is 9.40. The predicted octanol–water partition coefficient (Wildman–Crippen LogP) is 3.56. The van der Waals surface area contributed by atoms with E-state index in [9.17, 15) is 0 Å². The van der Waals surface area contributed by atoms with Gasteiger partial charge in [-0.25, -0.2) is 0 Å². The van der Waals surface area contributed by atoms with Crippen LogP contribution in [-0.4, -0.2) is 36.1 Å². The zero-order chi connectivity index (χ0) is 13.1. The topological polar surface area (TPSA) is 15.3 Å². The van der Waals surface area contributed by atoms with Gasteiger partial charge in [0.05, 0.1) is 0 Å². The Morgan fingerprint density at radius 3 is 2.47 bits per heavy atom. The molecule has 1 saturated carbocycles. The second kappa shape index (κ2) is 6.58. The summed E-state index contributed by atoms with van der Waals surface area (Å²) in [4.78, 5) is 2.96. The summed E-state index contributed by atoms with van der Waals surface area (Å²) in [5, 5.41) is 3.79. The Morgan fingerprint density at radius 2 is 1.68 bits per heavy atom. The van der Waals surface area contributed by atoms with Crippen LogP contribution < -0.4 is 5.32 Å². The molecule has 3 aliphatic rings. The minimum atomic E-state index is 0.805. The Balaban J connectivity index is 1.71. The van der Waals surface area contributed by atoms with E-state index in [1.807, 2.05) is 0 Å². The van der Waals surface area contributed by atoms with Gasteiger partial charge in [-0.05, 0) is 57.5 Å². The summed E-state index contributed by atoms with van der Waals surface area (Å²) >= 11 is 0. The lowest BCUT2D eigenvalue weighted by Crippen LogP contribution is -2.56. The number of likely N-dealkylation sites (tertiary alicyclic amines) is 1.